The summed E-state index contributed by atoms with van der Waals surface area (Å²) in [6, 6.07) is 5.26. The van der Waals surface area contributed by atoms with E-state index in [9.17, 15) is 28.1 Å². The molecule has 3 rings (SSSR count). The number of allylic oxidation sites excluding steroid dienone is 1. The Labute approximate surface area is 188 Å². The van der Waals surface area contributed by atoms with Gasteiger partial charge >= 0.3 is 5.97 Å². The Bertz CT molecular complexity index is 1230. The highest BCUT2D eigenvalue weighted by atomic mass is 32.2. The normalized spacial score (nSPS) is 17.8. The van der Waals surface area contributed by atoms with Gasteiger partial charge in [0.05, 0.1) is 4.92 Å². The number of amides is 1. The van der Waals surface area contributed by atoms with Gasteiger partial charge in [-0.2, -0.15) is 0 Å². The van der Waals surface area contributed by atoms with Crippen LogP contribution in [0.15, 0.2) is 46.1 Å². The molecule has 33 heavy (non-hydrogen) atoms. The van der Waals surface area contributed by atoms with Gasteiger partial charge in [-0.05, 0) is 44.0 Å². The second-order valence-corrected chi connectivity index (χ2v) is 9.22. The lowest BCUT2D eigenvalue weighted by Crippen LogP contribution is -2.72. The number of nitrogens with two attached hydrogens (primary N) is 1. The molecule has 0 aliphatic carbocycles. The number of nitro benzene ring substituents is 1. The Morgan fingerprint density at radius 3 is 2.48 bits per heavy atom. The van der Waals surface area contributed by atoms with E-state index >= 15 is 0 Å². The first-order valence-corrected chi connectivity index (χ1v) is 11.1. The van der Waals surface area contributed by atoms with Crippen LogP contribution in [0.3, 0.4) is 0 Å². The third-order valence-electron chi connectivity index (χ3n) is 4.70. The van der Waals surface area contributed by atoms with Crippen LogP contribution < -0.4 is 10.5 Å². The highest BCUT2D eigenvalue weighted by molar-refractivity contribution is 7.93. The summed E-state index contributed by atoms with van der Waals surface area (Å²) < 4.78 is 38.0. The van der Waals surface area contributed by atoms with Gasteiger partial charge in [-0.25, -0.2) is 13.2 Å². The highest BCUT2D eigenvalue weighted by Crippen LogP contribution is 2.31. The standard InChI is InChI=1S/C19H21N5O8S/c1-10(2)16(19(26)31-9-12-4-6-13(7-5-12)24(27)28)23-17(25)15(20)18(23)33(29,30)22-14-8-11(3)32-21-14/h4-8,15,18H,9,20H2,1-3H3,(H,21,22). The van der Waals surface area contributed by atoms with E-state index in [4.69, 9.17) is 15.0 Å². The van der Waals surface area contributed by atoms with Crippen LogP contribution >= 0.6 is 0 Å². The maximum atomic E-state index is 12.9. The Morgan fingerprint density at radius 2 is 1.97 bits per heavy atom. The van der Waals surface area contributed by atoms with Crippen LogP contribution in [0, 0.1) is 17.0 Å². The summed E-state index contributed by atoms with van der Waals surface area (Å²) in [6.07, 6.45) is 0. The molecule has 1 aromatic heterocycles. The van der Waals surface area contributed by atoms with E-state index in [1.165, 1.54) is 44.2 Å². The molecule has 1 aliphatic rings. The molecule has 13 nitrogen and oxygen atoms in total. The lowest BCUT2D eigenvalue weighted by molar-refractivity contribution is -0.384. The number of hydrogen-bond donors (Lipinski definition) is 2. The summed E-state index contributed by atoms with van der Waals surface area (Å²) in [6.45, 7) is 4.34. The van der Waals surface area contributed by atoms with Crippen molar-refractivity contribution in [1.29, 1.82) is 0 Å². The van der Waals surface area contributed by atoms with E-state index in [2.05, 4.69) is 9.88 Å². The molecule has 1 aromatic carbocycles. The molecule has 1 aliphatic heterocycles. The number of likely N-dealkylation sites (tertiary alicyclic amines) is 1. The topological polar surface area (TPSA) is 188 Å². The molecule has 0 radical (unpaired) electrons. The SMILES string of the molecule is CC(C)=C(C(=O)OCc1ccc([N+](=O)[O-])cc1)N1C(=O)C(N)C1S(=O)(=O)Nc1cc(C)on1. The predicted octanol–water partition coefficient (Wildman–Crippen LogP) is 1.17. The molecule has 14 heteroatoms. The largest absolute Gasteiger partial charge is 0.456 e. The minimum atomic E-state index is -4.28. The van der Waals surface area contributed by atoms with Crippen LogP contribution in [-0.2, 0) is 31.0 Å². The maximum absolute atomic E-state index is 12.9. The lowest BCUT2D eigenvalue weighted by atomic mass is 10.1. The molecule has 176 valence electrons. The Hall–Kier alpha value is -3.78. The number of nitrogens with one attached hydrogen (secondary N) is 1. The van der Waals surface area contributed by atoms with Gasteiger partial charge in [0.25, 0.3) is 15.7 Å². The van der Waals surface area contributed by atoms with Crippen molar-refractivity contribution in [1.82, 2.24) is 10.1 Å². The van der Waals surface area contributed by atoms with Gasteiger partial charge in [0, 0.05) is 18.2 Å². The van der Waals surface area contributed by atoms with Crippen LogP contribution in [0.5, 0.6) is 0 Å². The molecular weight excluding hydrogens is 458 g/mol. The van der Waals surface area contributed by atoms with E-state index < -0.39 is 38.2 Å². The Balaban J connectivity index is 1.79. The number of nitrogens with zero attached hydrogens (tertiary/aromatic N) is 3. The Kier molecular flexibility index (Phi) is 6.51. The van der Waals surface area contributed by atoms with Crippen molar-refractivity contribution in [3.8, 4) is 0 Å². The van der Waals surface area contributed by atoms with Gasteiger partial charge in [0.2, 0.25) is 5.91 Å². The van der Waals surface area contributed by atoms with Crippen molar-refractivity contribution in [2.24, 2.45) is 5.73 Å². The van der Waals surface area contributed by atoms with E-state index in [0.717, 1.165) is 4.90 Å². The van der Waals surface area contributed by atoms with Crippen molar-refractivity contribution in [2.45, 2.75) is 38.8 Å². The summed E-state index contributed by atoms with van der Waals surface area (Å²) in [4.78, 5) is 36.2. The zero-order chi connectivity index (χ0) is 24.5. The van der Waals surface area contributed by atoms with E-state index in [0.29, 0.717) is 16.9 Å². The number of ether oxygens (including phenoxy) is 1. The number of β-lactam (4-membered cyclic amide) rings is 1. The first kappa shape index (κ1) is 23.9. The number of rotatable bonds is 8. The number of hydrogen-bond acceptors (Lipinski definition) is 10. The minimum Gasteiger partial charge on any atom is -0.456 e. The number of non-ortho nitro benzene ring substituents is 1. The van der Waals surface area contributed by atoms with Crippen LogP contribution in [-0.4, -0.2) is 46.7 Å². The van der Waals surface area contributed by atoms with E-state index in [1.807, 2.05) is 0 Å². The molecule has 2 heterocycles. The first-order chi connectivity index (χ1) is 15.4. The third kappa shape index (κ3) is 4.85. The van der Waals surface area contributed by atoms with Gasteiger partial charge in [-0.1, -0.05) is 5.16 Å². The molecule has 0 spiro atoms. The molecule has 3 N–H and O–H groups in total. The number of esters is 1. The zero-order valence-electron chi connectivity index (χ0n) is 17.8. The molecule has 2 unspecified atom stereocenters. The third-order valence-corrected chi connectivity index (χ3v) is 6.34. The monoisotopic (exact) mass is 479 g/mol. The summed E-state index contributed by atoms with van der Waals surface area (Å²) in [5.41, 5.74) is 6.14. The second kappa shape index (κ2) is 8.99. The summed E-state index contributed by atoms with van der Waals surface area (Å²) in [5.74, 6) is -1.46. The fraction of sp³-hybridized carbons (Fsp3) is 0.316. The van der Waals surface area contributed by atoms with Gasteiger partial charge in [-0.3, -0.25) is 24.5 Å². The second-order valence-electron chi connectivity index (χ2n) is 7.44. The number of aromatic nitrogens is 1. The molecule has 1 amide bonds. The van der Waals surface area contributed by atoms with E-state index in [1.54, 1.807) is 6.92 Å². The van der Waals surface area contributed by atoms with Crippen molar-refractivity contribution in [3.05, 3.63) is 63.0 Å². The molecule has 0 bridgehead atoms. The minimum absolute atomic E-state index is 0.0986. The van der Waals surface area contributed by atoms with Crippen molar-refractivity contribution < 1.29 is 32.2 Å². The zero-order valence-corrected chi connectivity index (χ0v) is 18.7. The number of aryl methyl sites for hydroxylation is 1. The first-order valence-electron chi connectivity index (χ1n) is 9.54. The quantitative estimate of drug-likeness (QED) is 0.183. The maximum Gasteiger partial charge on any atom is 0.355 e. The predicted molar refractivity (Wildman–Crippen MR) is 114 cm³/mol. The Morgan fingerprint density at radius 1 is 1.33 bits per heavy atom. The van der Waals surface area contributed by atoms with Crippen molar-refractivity contribution >= 4 is 33.4 Å². The molecule has 2 aromatic rings. The van der Waals surface area contributed by atoms with Gasteiger partial charge in [0.15, 0.2) is 11.2 Å². The average molecular weight is 479 g/mol. The van der Waals surface area contributed by atoms with Gasteiger partial charge < -0.3 is 15.0 Å². The van der Waals surface area contributed by atoms with Crippen LogP contribution in [0.4, 0.5) is 11.5 Å². The fourth-order valence-corrected chi connectivity index (χ4v) is 4.65. The smallest absolute Gasteiger partial charge is 0.355 e. The van der Waals surface area contributed by atoms with Crippen molar-refractivity contribution in [2.75, 3.05) is 4.72 Å². The number of nitro groups is 1. The summed E-state index contributed by atoms with van der Waals surface area (Å²) in [5, 5.41) is 12.7. The molecule has 1 fully saturated rings. The number of benzene rings is 1. The van der Waals surface area contributed by atoms with Crippen LogP contribution in [0.1, 0.15) is 25.2 Å². The number of carbonyl (C=O) groups excluding carboxylic acids is 2. The number of anilines is 1. The van der Waals surface area contributed by atoms with Crippen molar-refractivity contribution in [3.63, 3.8) is 0 Å². The van der Waals surface area contributed by atoms with E-state index in [-0.39, 0.29) is 23.8 Å². The van der Waals surface area contributed by atoms with Gasteiger partial charge in [-0.15, -0.1) is 0 Å². The fourth-order valence-electron chi connectivity index (χ4n) is 3.15. The molecule has 2 atom stereocenters. The molecule has 1 saturated heterocycles. The molecular formula is C19H21N5O8S. The summed E-state index contributed by atoms with van der Waals surface area (Å²) in [7, 11) is -4.28. The highest BCUT2D eigenvalue weighted by Gasteiger charge is 2.56. The summed E-state index contributed by atoms with van der Waals surface area (Å²) >= 11 is 0. The average Bonchev–Trinajstić information content (AvgIpc) is 3.14. The molecule has 0 saturated carbocycles. The van der Waals surface area contributed by atoms with Crippen LogP contribution in [0.25, 0.3) is 0 Å². The lowest BCUT2D eigenvalue weighted by Gasteiger charge is -2.44. The number of carbonyl (C=O) groups is 2. The van der Waals surface area contributed by atoms with Crippen LogP contribution in [0.2, 0.25) is 0 Å². The van der Waals surface area contributed by atoms with Gasteiger partial charge in [0.1, 0.15) is 24.1 Å². The number of sulfonamides is 1.